The molecule has 3 amide bonds. The lowest BCUT2D eigenvalue weighted by atomic mass is 10.1. The van der Waals surface area contributed by atoms with Gasteiger partial charge in [-0.3, -0.25) is 14.4 Å². The molecule has 2 aromatic rings. The molecule has 1 aliphatic rings. The zero-order valence-electron chi connectivity index (χ0n) is 16.7. The molecule has 0 aromatic heterocycles. The van der Waals surface area contributed by atoms with E-state index >= 15 is 0 Å². The van der Waals surface area contributed by atoms with Crippen LogP contribution in [0, 0.1) is 13.8 Å². The number of carbonyl (C=O) groups excluding carboxylic acids is 3. The molecule has 6 heteroatoms. The molecule has 0 aliphatic carbocycles. The number of nitrogens with zero attached hydrogens (tertiary/aromatic N) is 2. The second-order valence-corrected chi connectivity index (χ2v) is 7.34. The Labute approximate surface area is 165 Å². The Hall–Kier alpha value is -3.15. The van der Waals surface area contributed by atoms with Crippen molar-refractivity contribution in [1.82, 2.24) is 4.90 Å². The van der Waals surface area contributed by atoms with Crippen LogP contribution in [0.25, 0.3) is 0 Å². The molecule has 0 fully saturated rings. The lowest BCUT2D eigenvalue weighted by molar-refractivity contribution is -0.119. The second-order valence-electron chi connectivity index (χ2n) is 7.34. The Morgan fingerprint density at radius 2 is 1.86 bits per heavy atom. The summed E-state index contributed by atoms with van der Waals surface area (Å²) in [6.07, 6.45) is 0.204. The van der Waals surface area contributed by atoms with Crippen LogP contribution in [0.2, 0.25) is 0 Å². The highest BCUT2D eigenvalue weighted by Gasteiger charge is 2.30. The summed E-state index contributed by atoms with van der Waals surface area (Å²) in [6, 6.07) is 12.4. The van der Waals surface area contributed by atoms with Gasteiger partial charge in [-0.15, -0.1) is 0 Å². The van der Waals surface area contributed by atoms with Crippen molar-refractivity contribution in [2.24, 2.45) is 0 Å². The molecule has 1 atom stereocenters. The first kappa shape index (κ1) is 19.6. The van der Waals surface area contributed by atoms with E-state index in [0.29, 0.717) is 16.9 Å². The first-order valence-corrected chi connectivity index (χ1v) is 9.31. The quantitative estimate of drug-likeness (QED) is 0.891. The van der Waals surface area contributed by atoms with E-state index in [-0.39, 0.29) is 36.7 Å². The van der Waals surface area contributed by atoms with Crippen molar-refractivity contribution in [3.8, 4) is 0 Å². The van der Waals surface area contributed by atoms with Crippen molar-refractivity contribution >= 4 is 29.1 Å². The monoisotopic (exact) mass is 379 g/mol. The molecule has 1 N–H and O–H groups in total. The molecule has 1 heterocycles. The molecule has 0 saturated carbocycles. The summed E-state index contributed by atoms with van der Waals surface area (Å²) in [7, 11) is 1.62. The number of nitrogens with one attached hydrogen (secondary N) is 1. The van der Waals surface area contributed by atoms with Crippen molar-refractivity contribution in [2.75, 3.05) is 23.8 Å². The van der Waals surface area contributed by atoms with Crippen molar-refractivity contribution in [1.29, 1.82) is 0 Å². The summed E-state index contributed by atoms with van der Waals surface area (Å²) in [5.74, 6) is -0.563. The number of fused-ring (bicyclic) bond motifs is 1. The number of anilines is 2. The number of hydrogen-bond acceptors (Lipinski definition) is 3. The SMILES string of the molecule is Cc1ccc(C(=O)N(C)CC(=O)N2c3ccccc3NC(=O)C[C@H]2C)cc1C. The summed E-state index contributed by atoms with van der Waals surface area (Å²) >= 11 is 0. The van der Waals surface area contributed by atoms with Gasteiger partial charge in [-0.05, 0) is 56.2 Å². The lowest BCUT2D eigenvalue weighted by Gasteiger charge is -2.29. The van der Waals surface area contributed by atoms with E-state index in [9.17, 15) is 14.4 Å². The summed E-state index contributed by atoms with van der Waals surface area (Å²) < 4.78 is 0. The van der Waals surface area contributed by atoms with Crippen molar-refractivity contribution in [3.63, 3.8) is 0 Å². The molecule has 0 unspecified atom stereocenters. The summed E-state index contributed by atoms with van der Waals surface area (Å²) in [5.41, 5.74) is 3.96. The lowest BCUT2D eigenvalue weighted by Crippen LogP contribution is -2.45. The molecule has 3 rings (SSSR count). The van der Waals surface area contributed by atoms with Crippen LogP contribution in [0.15, 0.2) is 42.5 Å². The average molecular weight is 379 g/mol. The fourth-order valence-electron chi connectivity index (χ4n) is 3.41. The first-order chi connectivity index (χ1) is 13.3. The van der Waals surface area contributed by atoms with E-state index in [1.165, 1.54) is 4.90 Å². The third-order valence-electron chi connectivity index (χ3n) is 5.10. The minimum absolute atomic E-state index is 0.0708. The topological polar surface area (TPSA) is 69.7 Å². The van der Waals surface area contributed by atoms with E-state index in [4.69, 9.17) is 0 Å². The fraction of sp³-hybridized carbons (Fsp3) is 0.318. The number of carbonyl (C=O) groups is 3. The van der Waals surface area contributed by atoms with Gasteiger partial charge in [0.1, 0.15) is 6.54 Å². The Balaban J connectivity index is 1.82. The molecule has 1 aliphatic heterocycles. The number of aryl methyl sites for hydroxylation is 2. The maximum atomic E-state index is 13.1. The molecule has 2 aromatic carbocycles. The summed E-state index contributed by atoms with van der Waals surface area (Å²) in [5, 5.41) is 2.84. The zero-order valence-corrected chi connectivity index (χ0v) is 16.7. The third-order valence-corrected chi connectivity index (χ3v) is 5.10. The van der Waals surface area contributed by atoms with E-state index in [0.717, 1.165) is 11.1 Å². The molecule has 0 spiro atoms. The van der Waals surface area contributed by atoms with Crippen LogP contribution < -0.4 is 10.2 Å². The number of hydrogen-bond donors (Lipinski definition) is 1. The molecule has 0 bridgehead atoms. The number of benzene rings is 2. The van der Waals surface area contributed by atoms with Crippen LogP contribution >= 0.6 is 0 Å². The van der Waals surface area contributed by atoms with E-state index < -0.39 is 0 Å². The Morgan fingerprint density at radius 3 is 2.57 bits per heavy atom. The van der Waals surface area contributed by atoms with Crippen molar-refractivity contribution in [3.05, 3.63) is 59.2 Å². The van der Waals surface area contributed by atoms with Crippen LogP contribution in [-0.2, 0) is 9.59 Å². The molecule has 0 radical (unpaired) electrons. The van der Waals surface area contributed by atoms with Crippen LogP contribution in [0.1, 0.15) is 34.8 Å². The minimum Gasteiger partial charge on any atom is -0.332 e. The summed E-state index contributed by atoms with van der Waals surface area (Å²) in [4.78, 5) is 41.0. The number of rotatable bonds is 3. The Bertz CT molecular complexity index is 938. The van der Waals surface area contributed by atoms with Gasteiger partial charge in [0.15, 0.2) is 0 Å². The normalized spacial score (nSPS) is 16.1. The number of para-hydroxylation sites is 2. The molecular formula is C22H25N3O3. The van der Waals surface area contributed by atoms with E-state index in [1.54, 1.807) is 30.1 Å². The Kier molecular flexibility index (Phi) is 5.49. The van der Waals surface area contributed by atoms with Crippen LogP contribution in [-0.4, -0.2) is 42.3 Å². The van der Waals surface area contributed by atoms with Crippen LogP contribution in [0.5, 0.6) is 0 Å². The molecule has 0 saturated heterocycles. The van der Waals surface area contributed by atoms with Gasteiger partial charge in [0.2, 0.25) is 11.8 Å². The maximum absolute atomic E-state index is 13.1. The van der Waals surface area contributed by atoms with Gasteiger partial charge in [0.25, 0.3) is 5.91 Å². The van der Waals surface area contributed by atoms with Crippen LogP contribution in [0.3, 0.4) is 0 Å². The zero-order chi connectivity index (χ0) is 20.4. The van der Waals surface area contributed by atoms with Gasteiger partial charge in [-0.2, -0.15) is 0 Å². The second kappa shape index (κ2) is 7.84. The highest BCUT2D eigenvalue weighted by Crippen LogP contribution is 2.31. The summed E-state index contributed by atoms with van der Waals surface area (Å²) in [6.45, 7) is 5.71. The van der Waals surface area contributed by atoms with Gasteiger partial charge >= 0.3 is 0 Å². The van der Waals surface area contributed by atoms with Crippen LogP contribution in [0.4, 0.5) is 11.4 Å². The molecule has 146 valence electrons. The number of amides is 3. The predicted octanol–water partition coefficient (Wildman–Crippen LogP) is 3.14. The van der Waals surface area contributed by atoms with Gasteiger partial charge in [0, 0.05) is 25.1 Å². The fourth-order valence-corrected chi connectivity index (χ4v) is 3.41. The average Bonchev–Trinajstić information content (AvgIpc) is 2.77. The number of likely N-dealkylation sites (N-methyl/N-ethyl adjacent to an activating group) is 1. The van der Waals surface area contributed by atoms with Crippen molar-refractivity contribution in [2.45, 2.75) is 33.2 Å². The highest BCUT2D eigenvalue weighted by molar-refractivity contribution is 6.06. The predicted molar refractivity (Wildman–Crippen MR) is 110 cm³/mol. The smallest absolute Gasteiger partial charge is 0.254 e. The highest BCUT2D eigenvalue weighted by atomic mass is 16.2. The standard InChI is InChI=1S/C22H25N3O3/c1-14-9-10-17(11-15(14)2)22(28)24(4)13-21(27)25-16(3)12-20(26)23-18-7-5-6-8-19(18)25/h5-11,16H,12-13H2,1-4H3,(H,23,26)/t16-/m1/s1. The molecule has 6 nitrogen and oxygen atoms in total. The first-order valence-electron chi connectivity index (χ1n) is 9.31. The third kappa shape index (κ3) is 3.91. The van der Waals surface area contributed by atoms with Crippen molar-refractivity contribution < 1.29 is 14.4 Å². The van der Waals surface area contributed by atoms with E-state index in [1.807, 2.05) is 45.0 Å². The maximum Gasteiger partial charge on any atom is 0.254 e. The van der Waals surface area contributed by atoms with Gasteiger partial charge in [-0.1, -0.05) is 18.2 Å². The molecule has 28 heavy (non-hydrogen) atoms. The van der Waals surface area contributed by atoms with E-state index in [2.05, 4.69) is 5.32 Å². The van der Waals surface area contributed by atoms with Gasteiger partial charge in [-0.25, -0.2) is 0 Å². The largest absolute Gasteiger partial charge is 0.332 e. The molecular weight excluding hydrogens is 354 g/mol. The minimum atomic E-state index is -0.304. The Morgan fingerprint density at radius 1 is 1.14 bits per heavy atom. The van der Waals surface area contributed by atoms with Gasteiger partial charge < -0.3 is 15.1 Å². The van der Waals surface area contributed by atoms with Gasteiger partial charge in [0.05, 0.1) is 11.4 Å².